The van der Waals surface area contributed by atoms with Crippen LogP contribution in [0.1, 0.15) is 5.56 Å². The molecule has 0 aliphatic carbocycles. The molecule has 1 N–H and O–H groups in total. The molecule has 0 spiro atoms. The van der Waals surface area contributed by atoms with Crippen molar-refractivity contribution < 1.29 is 18.9 Å². The molecule has 5 nitrogen and oxygen atoms in total. The molecule has 0 aromatic heterocycles. The van der Waals surface area contributed by atoms with Crippen molar-refractivity contribution >= 4 is 5.69 Å². The molecule has 2 aromatic carbocycles. The summed E-state index contributed by atoms with van der Waals surface area (Å²) in [6, 6.07) is 11.7. The smallest absolute Gasteiger partial charge is 0.161 e. The third-order valence-electron chi connectivity index (χ3n) is 3.50. The number of rotatable bonds is 5. The lowest BCUT2D eigenvalue weighted by Gasteiger charge is -2.19. The van der Waals surface area contributed by atoms with Crippen molar-refractivity contribution in [2.75, 3.05) is 32.8 Å². The number of ether oxygens (including phenoxy) is 4. The van der Waals surface area contributed by atoms with Crippen molar-refractivity contribution in [3.8, 4) is 23.0 Å². The first-order chi connectivity index (χ1) is 10.8. The number of nitrogens with one attached hydrogen (secondary N) is 1. The number of benzene rings is 2. The lowest BCUT2D eigenvalue weighted by atomic mass is 10.2. The van der Waals surface area contributed by atoms with Crippen LogP contribution < -0.4 is 24.3 Å². The lowest BCUT2D eigenvalue weighted by Crippen LogP contribution is -2.15. The first kappa shape index (κ1) is 14.4. The maximum atomic E-state index is 5.60. The fourth-order valence-corrected chi connectivity index (χ4v) is 2.34. The summed E-state index contributed by atoms with van der Waals surface area (Å²) >= 11 is 0. The van der Waals surface area contributed by atoms with E-state index >= 15 is 0 Å². The molecule has 3 rings (SSSR count). The monoisotopic (exact) mass is 301 g/mol. The van der Waals surface area contributed by atoms with Crippen LogP contribution in [0.5, 0.6) is 23.0 Å². The third kappa shape index (κ3) is 3.03. The summed E-state index contributed by atoms with van der Waals surface area (Å²) in [5.41, 5.74) is 2.03. The Hall–Kier alpha value is -2.56. The van der Waals surface area contributed by atoms with Crippen LogP contribution in [0.15, 0.2) is 36.4 Å². The summed E-state index contributed by atoms with van der Waals surface area (Å²) in [6.07, 6.45) is 0. The summed E-state index contributed by atoms with van der Waals surface area (Å²) in [7, 11) is 3.28. The minimum atomic E-state index is 0.593. The van der Waals surface area contributed by atoms with Gasteiger partial charge in [-0.3, -0.25) is 0 Å². The summed E-state index contributed by atoms with van der Waals surface area (Å²) in [5.74, 6) is 3.11. The molecule has 1 aliphatic heterocycles. The maximum Gasteiger partial charge on any atom is 0.161 e. The Labute approximate surface area is 129 Å². The van der Waals surface area contributed by atoms with E-state index in [0.717, 1.165) is 34.2 Å². The minimum Gasteiger partial charge on any atom is -0.497 e. The molecular formula is C17H19NO4. The highest BCUT2D eigenvalue weighted by Crippen LogP contribution is 2.32. The zero-order valence-electron chi connectivity index (χ0n) is 12.7. The van der Waals surface area contributed by atoms with Gasteiger partial charge in [0.15, 0.2) is 11.5 Å². The van der Waals surface area contributed by atoms with Gasteiger partial charge in [0, 0.05) is 12.6 Å². The molecule has 22 heavy (non-hydrogen) atoms. The second kappa shape index (κ2) is 6.47. The number of methoxy groups -OCH3 is 2. The molecule has 1 aliphatic rings. The summed E-state index contributed by atoms with van der Waals surface area (Å²) in [6.45, 7) is 1.86. The van der Waals surface area contributed by atoms with Crippen LogP contribution in [0.25, 0.3) is 0 Å². The fraction of sp³-hybridized carbons (Fsp3) is 0.294. The summed E-state index contributed by atoms with van der Waals surface area (Å²) in [4.78, 5) is 0. The Morgan fingerprint density at radius 2 is 1.77 bits per heavy atom. The van der Waals surface area contributed by atoms with Crippen molar-refractivity contribution in [2.45, 2.75) is 6.54 Å². The van der Waals surface area contributed by atoms with Crippen LogP contribution in [-0.4, -0.2) is 27.4 Å². The lowest BCUT2D eigenvalue weighted by molar-refractivity contribution is 0.171. The zero-order valence-corrected chi connectivity index (χ0v) is 12.7. The van der Waals surface area contributed by atoms with Gasteiger partial charge in [-0.1, -0.05) is 6.07 Å². The normalized spacial score (nSPS) is 12.6. The van der Waals surface area contributed by atoms with Crippen LogP contribution in [0, 0.1) is 0 Å². The van der Waals surface area contributed by atoms with Gasteiger partial charge in [0.25, 0.3) is 0 Å². The standard InChI is InChI=1S/C17H19NO4/c1-19-13-4-5-14(16(10-13)20-2)18-11-12-3-6-15-17(9-12)22-8-7-21-15/h3-6,9-10,18H,7-8,11H2,1-2H3. The predicted molar refractivity (Wildman–Crippen MR) is 84.3 cm³/mol. The van der Waals surface area contributed by atoms with Crippen LogP contribution in [-0.2, 0) is 6.54 Å². The first-order valence-corrected chi connectivity index (χ1v) is 7.14. The third-order valence-corrected chi connectivity index (χ3v) is 3.50. The van der Waals surface area contributed by atoms with Gasteiger partial charge in [0.05, 0.1) is 19.9 Å². The van der Waals surface area contributed by atoms with Crippen molar-refractivity contribution in [3.63, 3.8) is 0 Å². The summed E-state index contributed by atoms with van der Waals surface area (Å²) < 4.78 is 21.7. The molecule has 0 radical (unpaired) electrons. The molecule has 0 amide bonds. The van der Waals surface area contributed by atoms with Gasteiger partial charge < -0.3 is 24.3 Å². The Bertz CT molecular complexity index is 657. The second-order valence-corrected chi connectivity index (χ2v) is 4.90. The van der Waals surface area contributed by atoms with E-state index in [0.29, 0.717) is 19.8 Å². The van der Waals surface area contributed by atoms with E-state index < -0.39 is 0 Å². The van der Waals surface area contributed by atoms with Crippen molar-refractivity contribution in [1.29, 1.82) is 0 Å². The number of hydrogen-bond donors (Lipinski definition) is 1. The largest absolute Gasteiger partial charge is 0.497 e. The van der Waals surface area contributed by atoms with E-state index in [9.17, 15) is 0 Å². The molecule has 0 saturated heterocycles. The Kier molecular flexibility index (Phi) is 4.23. The van der Waals surface area contributed by atoms with Gasteiger partial charge in [-0.15, -0.1) is 0 Å². The molecule has 1 heterocycles. The quantitative estimate of drug-likeness (QED) is 0.919. The topological polar surface area (TPSA) is 49.0 Å². The van der Waals surface area contributed by atoms with Crippen molar-refractivity contribution in [2.24, 2.45) is 0 Å². The van der Waals surface area contributed by atoms with Gasteiger partial charge in [-0.2, -0.15) is 0 Å². The number of fused-ring (bicyclic) bond motifs is 1. The Balaban J connectivity index is 1.72. The Morgan fingerprint density at radius 1 is 0.955 bits per heavy atom. The summed E-state index contributed by atoms with van der Waals surface area (Å²) in [5, 5.41) is 3.36. The van der Waals surface area contributed by atoms with Crippen molar-refractivity contribution in [3.05, 3.63) is 42.0 Å². The second-order valence-electron chi connectivity index (χ2n) is 4.90. The molecule has 5 heteroatoms. The van der Waals surface area contributed by atoms with Crippen molar-refractivity contribution in [1.82, 2.24) is 0 Å². The van der Waals surface area contributed by atoms with Gasteiger partial charge >= 0.3 is 0 Å². The van der Waals surface area contributed by atoms with Crippen LogP contribution in [0.2, 0.25) is 0 Å². The van der Waals surface area contributed by atoms with Gasteiger partial charge in [-0.25, -0.2) is 0 Å². The molecule has 0 unspecified atom stereocenters. The zero-order chi connectivity index (χ0) is 15.4. The highest BCUT2D eigenvalue weighted by Gasteiger charge is 2.12. The average molecular weight is 301 g/mol. The minimum absolute atomic E-state index is 0.593. The van der Waals surface area contributed by atoms with Gasteiger partial charge in [0.1, 0.15) is 24.7 Å². The van der Waals surface area contributed by atoms with Crippen LogP contribution in [0.4, 0.5) is 5.69 Å². The molecule has 2 aromatic rings. The molecule has 0 atom stereocenters. The van der Waals surface area contributed by atoms with E-state index in [1.807, 2.05) is 36.4 Å². The number of hydrogen-bond acceptors (Lipinski definition) is 5. The Morgan fingerprint density at radius 3 is 2.55 bits per heavy atom. The van der Waals surface area contributed by atoms with E-state index in [1.165, 1.54) is 0 Å². The highest BCUT2D eigenvalue weighted by molar-refractivity contribution is 5.59. The van der Waals surface area contributed by atoms with E-state index in [2.05, 4.69) is 5.32 Å². The number of anilines is 1. The van der Waals surface area contributed by atoms with Gasteiger partial charge in [0.2, 0.25) is 0 Å². The van der Waals surface area contributed by atoms with E-state index in [4.69, 9.17) is 18.9 Å². The van der Waals surface area contributed by atoms with Gasteiger partial charge in [-0.05, 0) is 29.8 Å². The van der Waals surface area contributed by atoms with E-state index in [1.54, 1.807) is 14.2 Å². The SMILES string of the molecule is COc1ccc(NCc2ccc3c(c2)OCCO3)c(OC)c1. The molecule has 0 bridgehead atoms. The first-order valence-electron chi connectivity index (χ1n) is 7.14. The van der Waals surface area contributed by atoms with Crippen LogP contribution >= 0.6 is 0 Å². The average Bonchev–Trinajstić information content (AvgIpc) is 2.59. The maximum absolute atomic E-state index is 5.60. The highest BCUT2D eigenvalue weighted by atomic mass is 16.6. The fourth-order valence-electron chi connectivity index (χ4n) is 2.34. The van der Waals surface area contributed by atoms with E-state index in [-0.39, 0.29) is 0 Å². The van der Waals surface area contributed by atoms with Crippen LogP contribution in [0.3, 0.4) is 0 Å². The molecule has 0 fully saturated rings. The predicted octanol–water partition coefficient (Wildman–Crippen LogP) is 3.09. The molecular weight excluding hydrogens is 282 g/mol. The molecule has 116 valence electrons. The molecule has 0 saturated carbocycles.